The molecule has 4 amide bonds. The van der Waals surface area contributed by atoms with Gasteiger partial charge in [-0.3, -0.25) is 19.1 Å². The lowest BCUT2D eigenvalue weighted by Gasteiger charge is -2.35. The van der Waals surface area contributed by atoms with Crippen molar-refractivity contribution in [1.82, 2.24) is 25.2 Å². The van der Waals surface area contributed by atoms with Crippen LogP contribution in [0.1, 0.15) is 84.1 Å². The highest BCUT2D eigenvalue weighted by atomic mass is 32.2. The van der Waals surface area contributed by atoms with Crippen LogP contribution in [0.25, 0.3) is 10.6 Å². The van der Waals surface area contributed by atoms with E-state index in [1.54, 1.807) is 46.2 Å². The van der Waals surface area contributed by atoms with Gasteiger partial charge in [0.25, 0.3) is 5.91 Å². The molecule has 298 valence electrons. The van der Waals surface area contributed by atoms with E-state index in [2.05, 4.69) is 32.1 Å². The highest BCUT2D eigenvalue weighted by Gasteiger charge is 2.62. The number of likely N-dealkylation sites (tertiary alicyclic amines) is 1. The molecule has 3 N–H and O–H groups in total. The van der Waals surface area contributed by atoms with Crippen molar-refractivity contribution in [3.8, 4) is 16.3 Å². The molecule has 5 atom stereocenters. The first-order valence-corrected chi connectivity index (χ1v) is 21.1. The fraction of sp³-hybridized carbons (Fsp3) is 0.579. The van der Waals surface area contributed by atoms with Gasteiger partial charge in [-0.2, -0.15) is 0 Å². The van der Waals surface area contributed by atoms with Gasteiger partial charge >= 0.3 is 6.09 Å². The fourth-order valence-electron chi connectivity index (χ4n) is 7.28. The minimum Gasteiger partial charge on any atom is -0.497 e. The van der Waals surface area contributed by atoms with Gasteiger partial charge < -0.3 is 29.8 Å². The van der Waals surface area contributed by atoms with Crippen molar-refractivity contribution in [3.05, 3.63) is 48.0 Å². The van der Waals surface area contributed by atoms with Crippen molar-refractivity contribution in [1.29, 1.82) is 0 Å². The molecule has 2 aromatic rings. The summed E-state index contributed by atoms with van der Waals surface area (Å²) in [5.41, 5.74) is -0.835. The molecule has 0 bridgehead atoms. The summed E-state index contributed by atoms with van der Waals surface area (Å²) in [6.45, 7) is 9.09. The highest BCUT2D eigenvalue weighted by molar-refractivity contribution is 7.91. The van der Waals surface area contributed by atoms with E-state index in [0.717, 1.165) is 36.3 Å². The molecule has 0 unspecified atom stereocenters. The summed E-state index contributed by atoms with van der Waals surface area (Å²) in [6.07, 6.45) is 8.00. The number of carbonyl (C=O) groups is 4. The van der Waals surface area contributed by atoms with Gasteiger partial charge in [0.1, 0.15) is 40.6 Å². The third kappa shape index (κ3) is 9.31. The van der Waals surface area contributed by atoms with E-state index in [9.17, 15) is 27.6 Å². The third-order valence-corrected chi connectivity index (χ3v) is 13.3. The number of aromatic nitrogens is 1. The second-order valence-corrected chi connectivity index (χ2v) is 18.7. The first-order chi connectivity index (χ1) is 26.1. The smallest absolute Gasteiger partial charge is 0.408 e. The number of hydrogen-bond acceptors (Lipinski definition) is 12. The summed E-state index contributed by atoms with van der Waals surface area (Å²) in [5.74, 6) is -1.81. The lowest BCUT2D eigenvalue weighted by molar-refractivity contribution is -0.143. The standard InChI is InChI=1S/C38H50N6O9S2/c1-6-9-24-20-38(24,35(47)43-55(49,50)28-13-14-28)42-32(45)30-19-27(53-40-21-23-18-26(51-5)12-15-29(23)33-39-16-17-54-33)22-44(30)34(46)31(37(2,3)4)41-36(48)52-25-10-7-8-11-25/h6,12,15-18,21,24-25,27-28,30-31H,1,7-11,13-14,19-20,22H2,2-5H3,(H,41,48)(H,42,45)(H,43,47)/b40-21+/t24-,27-,30+,31-,38-/m1/s1. The number of alkyl carbamates (subject to hydrolysis) is 1. The Labute approximate surface area is 325 Å². The molecule has 4 fully saturated rings. The van der Waals surface area contributed by atoms with E-state index in [4.69, 9.17) is 14.3 Å². The largest absolute Gasteiger partial charge is 0.497 e. The van der Waals surface area contributed by atoms with Crippen LogP contribution in [-0.4, -0.2) is 97.1 Å². The molecule has 15 nitrogen and oxygen atoms in total. The minimum atomic E-state index is -3.90. The number of carbonyl (C=O) groups excluding carboxylic acids is 4. The highest BCUT2D eigenvalue weighted by Crippen LogP contribution is 2.47. The number of oxime groups is 1. The van der Waals surface area contributed by atoms with E-state index in [1.165, 1.54) is 22.5 Å². The monoisotopic (exact) mass is 798 g/mol. The van der Waals surface area contributed by atoms with Gasteiger partial charge in [-0.15, -0.1) is 17.9 Å². The first-order valence-electron chi connectivity index (χ1n) is 18.7. The molecule has 55 heavy (non-hydrogen) atoms. The molecule has 1 saturated heterocycles. The van der Waals surface area contributed by atoms with Crippen molar-refractivity contribution in [2.75, 3.05) is 13.7 Å². The molecule has 3 saturated carbocycles. The van der Waals surface area contributed by atoms with Crippen molar-refractivity contribution in [2.24, 2.45) is 16.5 Å². The number of rotatable bonds is 15. The maximum absolute atomic E-state index is 14.5. The Morgan fingerprint density at radius 1 is 1.15 bits per heavy atom. The Kier molecular flexibility index (Phi) is 11.9. The van der Waals surface area contributed by atoms with Gasteiger partial charge in [0.05, 0.1) is 25.1 Å². The summed E-state index contributed by atoms with van der Waals surface area (Å²) in [5, 5.41) is 11.9. The maximum atomic E-state index is 14.5. The average molecular weight is 799 g/mol. The number of methoxy groups -OCH3 is 1. The Balaban J connectivity index is 1.25. The number of allylic oxidation sites excluding steroid dienone is 1. The van der Waals surface area contributed by atoms with E-state index in [1.807, 2.05) is 17.5 Å². The molecule has 3 aliphatic carbocycles. The van der Waals surface area contributed by atoms with Gasteiger partial charge in [-0.25, -0.2) is 18.2 Å². The summed E-state index contributed by atoms with van der Waals surface area (Å²) < 4.78 is 38.8. The quantitative estimate of drug-likeness (QED) is 0.133. The second kappa shape index (κ2) is 16.3. The molecular weight excluding hydrogens is 749 g/mol. The SMILES string of the molecule is C=CC[C@@H]1C[C@]1(NC(=O)[C@@H]1C[C@@H](O/N=C/c2cc(OC)ccc2-c2nccs2)CN1C(=O)[C@@H](NC(=O)OC1CCCC1)C(C)(C)C)C(=O)NS(=O)(=O)C1CC1. The van der Waals surface area contributed by atoms with E-state index in [-0.39, 0.29) is 25.5 Å². The molecular formula is C38H50N6O9S2. The van der Waals surface area contributed by atoms with Crippen molar-refractivity contribution in [3.63, 3.8) is 0 Å². The van der Waals surface area contributed by atoms with E-state index >= 15 is 0 Å². The van der Waals surface area contributed by atoms with Crippen LogP contribution in [0, 0.1) is 11.3 Å². The van der Waals surface area contributed by atoms with Crippen LogP contribution in [0.15, 0.2) is 47.6 Å². The summed E-state index contributed by atoms with van der Waals surface area (Å²) in [6, 6.07) is 3.23. The number of ether oxygens (including phenoxy) is 2. The number of benzene rings is 1. The Morgan fingerprint density at radius 2 is 1.89 bits per heavy atom. The van der Waals surface area contributed by atoms with Gasteiger partial charge in [-0.05, 0) is 80.9 Å². The zero-order chi connectivity index (χ0) is 39.5. The normalized spacial score (nSPS) is 24.6. The predicted octanol–water partition coefficient (Wildman–Crippen LogP) is 4.28. The maximum Gasteiger partial charge on any atom is 0.408 e. The Bertz CT molecular complexity index is 1900. The molecule has 17 heteroatoms. The topological polar surface area (TPSA) is 195 Å². The van der Waals surface area contributed by atoms with Crippen LogP contribution >= 0.6 is 11.3 Å². The van der Waals surface area contributed by atoms with E-state index < -0.39 is 74.1 Å². The van der Waals surface area contributed by atoms with Gasteiger partial charge in [0.2, 0.25) is 21.8 Å². The molecule has 1 aromatic carbocycles. The molecule has 0 radical (unpaired) electrons. The lowest BCUT2D eigenvalue weighted by Crippen LogP contribution is -2.60. The van der Waals surface area contributed by atoms with Crippen LogP contribution in [0.2, 0.25) is 0 Å². The number of nitrogens with zero attached hydrogens (tertiary/aromatic N) is 3. The second-order valence-electron chi connectivity index (χ2n) is 15.8. The van der Waals surface area contributed by atoms with Crippen molar-refractivity contribution >= 4 is 51.4 Å². The minimum absolute atomic E-state index is 0.0000580. The van der Waals surface area contributed by atoms with Crippen LogP contribution in [-0.2, 0) is 34.0 Å². The van der Waals surface area contributed by atoms with Gasteiger partial charge in [-0.1, -0.05) is 32.0 Å². The zero-order valence-electron chi connectivity index (χ0n) is 31.6. The third-order valence-electron chi connectivity index (χ3n) is 10.6. The number of nitrogens with one attached hydrogen (secondary N) is 3. The van der Waals surface area contributed by atoms with Crippen LogP contribution in [0.4, 0.5) is 4.79 Å². The van der Waals surface area contributed by atoms with Gasteiger partial charge in [0.15, 0.2) is 0 Å². The Morgan fingerprint density at radius 3 is 2.53 bits per heavy atom. The number of sulfonamides is 1. The van der Waals surface area contributed by atoms with Crippen molar-refractivity contribution < 1.29 is 41.9 Å². The number of thiazole rings is 1. The molecule has 6 rings (SSSR count). The summed E-state index contributed by atoms with van der Waals surface area (Å²) in [7, 11) is -2.34. The van der Waals surface area contributed by atoms with Gasteiger partial charge in [0, 0.05) is 29.1 Å². The molecule has 0 spiro atoms. The molecule has 1 aliphatic heterocycles. The van der Waals surface area contributed by atoms with Crippen LogP contribution in [0.5, 0.6) is 5.75 Å². The van der Waals surface area contributed by atoms with Crippen LogP contribution < -0.4 is 20.1 Å². The first kappa shape index (κ1) is 40.2. The van der Waals surface area contributed by atoms with Crippen molar-refractivity contribution in [2.45, 2.75) is 114 Å². The zero-order valence-corrected chi connectivity index (χ0v) is 33.2. The molecule has 2 heterocycles. The lowest BCUT2D eigenvalue weighted by atomic mass is 9.85. The Hall–Kier alpha value is -4.51. The summed E-state index contributed by atoms with van der Waals surface area (Å²) >= 11 is 1.46. The molecule has 4 aliphatic rings. The summed E-state index contributed by atoms with van der Waals surface area (Å²) in [4.78, 5) is 67.2. The number of hydrogen-bond donors (Lipinski definition) is 3. The fourth-order valence-corrected chi connectivity index (χ4v) is 9.33. The average Bonchev–Trinajstić information content (AvgIpc) is 3.86. The predicted molar refractivity (Wildman–Crippen MR) is 206 cm³/mol. The number of amides is 4. The van der Waals surface area contributed by atoms with Crippen LogP contribution in [0.3, 0.4) is 0 Å². The van der Waals surface area contributed by atoms with E-state index in [0.29, 0.717) is 30.6 Å². The molecule has 1 aromatic heterocycles.